The fourth-order valence-electron chi connectivity index (χ4n) is 3.75. The summed E-state index contributed by atoms with van der Waals surface area (Å²) in [6.45, 7) is 5.03. The van der Waals surface area contributed by atoms with Gasteiger partial charge in [-0.15, -0.1) is 0 Å². The molecule has 25 heavy (non-hydrogen) atoms. The van der Waals surface area contributed by atoms with E-state index in [1.807, 2.05) is 4.90 Å². The molecule has 5 nitrogen and oxygen atoms in total. The topological polar surface area (TPSA) is 52.7 Å². The average Bonchev–Trinajstić information content (AvgIpc) is 2.61. The summed E-state index contributed by atoms with van der Waals surface area (Å²) < 4.78 is 13.2. The summed E-state index contributed by atoms with van der Waals surface area (Å²) in [5.41, 5.74) is 0.450. The van der Waals surface area contributed by atoms with Gasteiger partial charge in [-0.2, -0.15) is 0 Å². The highest BCUT2D eigenvalue weighted by Crippen LogP contribution is 2.24. The summed E-state index contributed by atoms with van der Waals surface area (Å²) in [5, 5.41) is 2.72. The first-order valence-corrected chi connectivity index (χ1v) is 9.13. The van der Waals surface area contributed by atoms with Gasteiger partial charge < -0.3 is 15.1 Å². The second-order valence-electron chi connectivity index (χ2n) is 7.23. The van der Waals surface area contributed by atoms with E-state index in [4.69, 9.17) is 0 Å². The maximum atomic E-state index is 13.2. The molecule has 3 amide bonds. The van der Waals surface area contributed by atoms with Crippen molar-refractivity contribution in [2.45, 2.75) is 32.6 Å². The predicted octanol–water partition coefficient (Wildman–Crippen LogP) is 3.33. The zero-order valence-electron chi connectivity index (χ0n) is 14.7. The molecular weight excluding hydrogens is 321 g/mol. The van der Waals surface area contributed by atoms with Crippen molar-refractivity contribution in [2.75, 3.05) is 31.5 Å². The van der Waals surface area contributed by atoms with Crippen LogP contribution in [0.15, 0.2) is 24.3 Å². The van der Waals surface area contributed by atoms with Gasteiger partial charge in [0.15, 0.2) is 0 Å². The number of benzene rings is 1. The number of piperidine rings is 2. The molecule has 6 heteroatoms. The molecule has 1 atom stereocenters. The summed E-state index contributed by atoms with van der Waals surface area (Å²) in [6, 6.07) is 5.63. The third-order valence-electron chi connectivity index (χ3n) is 5.18. The van der Waals surface area contributed by atoms with Crippen LogP contribution in [-0.4, -0.2) is 47.9 Å². The monoisotopic (exact) mass is 347 g/mol. The number of likely N-dealkylation sites (tertiary alicyclic amines) is 2. The first-order chi connectivity index (χ1) is 12.0. The van der Waals surface area contributed by atoms with Crippen LogP contribution in [0.25, 0.3) is 0 Å². The Morgan fingerprint density at radius 2 is 1.88 bits per heavy atom. The molecule has 0 bridgehead atoms. The molecule has 0 saturated carbocycles. The molecule has 2 saturated heterocycles. The highest BCUT2D eigenvalue weighted by Gasteiger charge is 2.31. The Morgan fingerprint density at radius 3 is 2.56 bits per heavy atom. The van der Waals surface area contributed by atoms with Gasteiger partial charge in [0.05, 0.1) is 0 Å². The van der Waals surface area contributed by atoms with Gasteiger partial charge in [0, 0.05) is 37.8 Å². The summed E-state index contributed by atoms with van der Waals surface area (Å²) >= 11 is 0. The van der Waals surface area contributed by atoms with Gasteiger partial charge >= 0.3 is 6.03 Å². The number of anilines is 1. The van der Waals surface area contributed by atoms with Gasteiger partial charge in [-0.05, 0) is 49.8 Å². The molecule has 2 fully saturated rings. The average molecular weight is 347 g/mol. The number of halogens is 1. The molecule has 2 heterocycles. The van der Waals surface area contributed by atoms with E-state index in [-0.39, 0.29) is 23.7 Å². The molecular formula is C19H26FN3O2. The van der Waals surface area contributed by atoms with Crippen LogP contribution < -0.4 is 5.32 Å². The predicted molar refractivity (Wildman–Crippen MR) is 94.7 cm³/mol. The number of carbonyl (C=O) groups excluding carboxylic acids is 2. The molecule has 0 aliphatic carbocycles. The van der Waals surface area contributed by atoms with Crippen LogP contribution in [-0.2, 0) is 4.79 Å². The third kappa shape index (κ3) is 4.50. The van der Waals surface area contributed by atoms with Gasteiger partial charge in [0.1, 0.15) is 5.82 Å². The lowest BCUT2D eigenvalue weighted by atomic mass is 9.93. The van der Waals surface area contributed by atoms with Crippen molar-refractivity contribution in [3.8, 4) is 0 Å². The summed E-state index contributed by atoms with van der Waals surface area (Å²) in [7, 11) is 0. The van der Waals surface area contributed by atoms with Crippen molar-refractivity contribution in [3.63, 3.8) is 0 Å². The van der Waals surface area contributed by atoms with E-state index < -0.39 is 0 Å². The number of rotatable bonds is 2. The van der Waals surface area contributed by atoms with Crippen LogP contribution in [0.3, 0.4) is 0 Å². The van der Waals surface area contributed by atoms with Crippen molar-refractivity contribution in [1.29, 1.82) is 0 Å². The van der Waals surface area contributed by atoms with Crippen molar-refractivity contribution >= 4 is 17.6 Å². The van der Waals surface area contributed by atoms with Gasteiger partial charge in [-0.3, -0.25) is 4.79 Å². The zero-order valence-corrected chi connectivity index (χ0v) is 14.7. The van der Waals surface area contributed by atoms with Crippen LogP contribution in [0.1, 0.15) is 32.6 Å². The highest BCUT2D eigenvalue weighted by molar-refractivity contribution is 5.89. The molecule has 1 unspecified atom stereocenters. The van der Waals surface area contributed by atoms with Crippen LogP contribution in [0.4, 0.5) is 14.9 Å². The fraction of sp³-hybridized carbons (Fsp3) is 0.579. The number of nitrogens with one attached hydrogen (secondary N) is 1. The van der Waals surface area contributed by atoms with Crippen LogP contribution in [0.5, 0.6) is 0 Å². The van der Waals surface area contributed by atoms with E-state index in [0.717, 1.165) is 19.5 Å². The van der Waals surface area contributed by atoms with E-state index >= 15 is 0 Å². The Kier molecular flexibility index (Phi) is 5.56. The molecule has 2 aliphatic rings. The van der Waals surface area contributed by atoms with E-state index in [0.29, 0.717) is 37.5 Å². The summed E-state index contributed by atoms with van der Waals surface area (Å²) in [5.74, 6) is 0.466. The highest BCUT2D eigenvalue weighted by atomic mass is 19.1. The largest absolute Gasteiger partial charge is 0.342 e. The Balaban J connectivity index is 1.49. The van der Waals surface area contributed by atoms with Crippen molar-refractivity contribution in [2.24, 2.45) is 11.8 Å². The minimum atomic E-state index is -0.377. The molecule has 136 valence electrons. The SMILES string of the molecule is CC1CCCN(C(=O)C2CCN(C(=O)Nc3cccc(F)c3)CC2)C1. The van der Waals surface area contributed by atoms with E-state index in [2.05, 4.69) is 12.2 Å². The maximum absolute atomic E-state index is 13.2. The van der Waals surface area contributed by atoms with Crippen LogP contribution in [0.2, 0.25) is 0 Å². The minimum absolute atomic E-state index is 0.0171. The number of urea groups is 1. The quantitative estimate of drug-likeness (QED) is 0.892. The zero-order chi connectivity index (χ0) is 17.8. The van der Waals surface area contributed by atoms with Crippen molar-refractivity contribution < 1.29 is 14.0 Å². The number of hydrogen-bond donors (Lipinski definition) is 1. The normalized spacial score (nSPS) is 21.9. The molecule has 0 aromatic heterocycles. The first kappa shape index (κ1) is 17.7. The molecule has 1 N–H and O–H groups in total. The number of hydrogen-bond acceptors (Lipinski definition) is 2. The smallest absolute Gasteiger partial charge is 0.321 e. The van der Waals surface area contributed by atoms with Crippen molar-refractivity contribution in [1.82, 2.24) is 9.80 Å². The lowest BCUT2D eigenvalue weighted by Gasteiger charge is -2.37. The number of carbonyl (C=O) groups is 2. The standard InChI is InChI=1S/C19H26FN3O2/c1-14-4-3-9-23(13-14)18(24)15-7-10-22(11-8-15)19(25)21-17-6-2-5-16(20)12-17/h2,5-6,12,14-15H,3-4,7-11,13H2,1H3,(H,21,25). The molecule has 2 aliphatic heterocycles. The third-order valence-corrected chi connectivity index (χ3v) is 5.18. The van der Waals surface area contributed by atoms with Crippen molar-refractivity contribution in [3.05, 3.63) is 30.1 Å². The minimum Gasteiger partial charge on any atom is -0.342 e. The molecule has 1 aromatic carbocycles. The lowest BCUT2D eigenvalue weighted by molar-refractivity contribution is -0.138. The lowest BCUT2D eigenvalue weighted by Crippen LogP contribution is -2.47. The second-order valence-corrected chi connectivity index (χ2v) is 7.23. The second kappa shape index (κ2) is 7.85. The Morgan fingerprint density at radius 1 is 1.12 bits per heavy atom. The molecule has 1 aromatic rings. The number of amides is 3. The van der Waals surface area contributed by atoms with E-state index in [9.17, 15) is 14.0 Å². The Hall–Kier alpha value is -2.11. The van der Waals surface area contributed by atoms with Crippen LogP contribution in [0, 0.1) is 17.7 Å². The van der Waals surface area contributed by atoms with E-state index in [1.54, 1.807) is 17.0 Å². The Bertz CT molecular complexity index is 629. The maximum Gasteiger partial charge on any atom is 0.321 e. The Labute approximate surface area is 148 Å². The molecule has 3 rings (SSSR count). The first-order valence-electron chi connectivity index (χ1n) is 9.13. The summed E-state index contributed by atoms with van der Waals surface area (Å²) in [4.78, 5) is 28.7. The number of nitrogens with zero attached hydrogens (tertiary/aromatic N) is 2. The van der Waals surface area contributed by atoms with Gasteiger partial charge in [-0.25, -0.2) is 9.18 Å². The van der Waals surface area contributed by atoms with Gasteiger partial charge in [-0.1, -0.05) is 13.0 Å². The summed E-state index contributed by atoms with van der Waals surface area (Å²) in [6.07, 6.45) is 3.67. The van der Waals surface area contributed by atoms with E-state index in [1.165, 1.54) is 18.6 Å². The fourth-order valence-corrected chi connectivity index (χ4v) is 3.75. The van der Waals surface area contributed by atoms with Gasteiger partial charge in [0.25, 0.3) is 0 Å². The van der Waals surface area contributed by atoms with Crippen LogP contribution >= 0.6 is 0 Å². The van der Waals surface area contributed by atoms with Gasteiger partial charge in [0.2, 0.25) is 5.91 Å². The molecule has 0 spiro atoms. The molecule has 0 radical (unpaired) electrons.